The molecular formula is C23H28FN5O3. The number of rotatable bonds is 6. The fraction of sp³-hybridized carbons (Fsp3) is 0.478. The maximum atomic E-state index is 13.2. The molecule has 0 radical (unpaired) electrons. The normalized spacial score (nSPS) is 21.8. The first-order valence-electron chi connectivity index (χ1n) is 10.9. The molecule has 170 valence electrons. The number of imide groups is 1. The molecule has 9 heteroatoms. The van der Waals surface area contributed by atoms with Crippen molar-refractivity contribution in [3.63, 3.8) is 0 Å². The van der Waals surface area contributed by atoms with E-state index in [1.54, 1.807) is 23.7 Å². The van der Waals surface area contributed by atoms with E-state index in [0.29, 0.717) is 44.5 Å². The fourth-order valence-electron chi connectivity index (χ4n) is 4.57. The van der Waals surface area contributed by atoms with E-state index in [9.17, 15) is 18.8 Å². The molecule has 32 heavy (non-hydrogen) atoms. The minimum Gasteiger partial charge on any atom is -0.343 e. The van der Waals surface area contributed by atoms with Gasteiger partial charge in [-0.15, -0.1) is 0 Å². The largest absolute Gasteiger partial charge is 0.343 e. The molecule has 2 aromatic rings. The number of hydrogen-bond donors (Lipinski definition) is 1. The minimum absolute atomic E-state index is 0.0602. The van der Waals surface area contributed by atoms with Gasteiger partial charge in [-0.2, -0.15) is 5.10 Å². The summed E-state index contributed by atoms with van der Waals surface area (Å²) in [6.45, 7) is 5.42. The highest BCUT2D eigenvalue weighted by Gasteiger charge is 2.52. The van der Waals surface area contributed by atoms with Crippen molar-refractivity contribution in [1.82, 2.24) is 24.9 Å². The van der Waals surface area contributed by atoms with E-state index in [1.165, 1.54) is 17.0 Å². The van der Waals surface area contributed by atoms with Gasteiger partial charge in [0, 0.05) is 32.3 Å². The standard InChI is InChI=1S/C23H28FN5O3/c1-16-7-13-28(26-16)14-10-20(30)27-11-8-18(9-12-27)23(2)21(31)29(22(32)25-23)15-17-3-5-19(24)6-4-17/h3-7,13,18H,8-12,14-15H2,1-2H3,(H,25,32). The highest BCUT2D eigenvalue weighted by atomic mass is 19.1. The lowest BCUT2D eigenvalue weighted by molar-refractivity contribution is -0.135. The van der Waals surface area contributed by atoms with E-state index in [-0.39, 0.29) is 30.1 Å². The van der Waals surface area contributed by atoms with Crippen molar-refractivity contribution >= 4 is 17.8 Å². The van der Waals surface area contributed by atoms with Crippen LogP contribution >= 0.6 is 0 Å². The van der Waals surface area contributed by atoms with Crippen LogP contribution in [0.2, 0.25) is 0 Å². The number of amides is 4. The summed E-state index contributed by atoms with van der Waals surface area (Å²) >= 11 is 0. The molecule has 1 unspecified atom stereocenters. The number of hydrogen-bond acceptors (Lipinski definition) is 4. The van der Waals surface area contributed by atoms with Crippen molar-refractivity contribution in [1.29, 1.82) is 0 Å². The van der Waals surface area contributed by atoms with Gasteiger partial charge in [0.05, 0.1) is 12.2 Å². The summed E-state index contributed by atoms with van der Waals surface area (Å²) in [5.74, 6) is -0.626. The molecule has 3 heterocycles. The number of aromatic nitrogens is 2. The Bertz CT molecular complexity index is 1010. The Labute approximate surface area is 186 Å². The smallest absolute Gasteiger partial charge is 0.325 e. The van der Waals surface area contributed by atoms with Crippen LogP contribution in [0.25, 0.3) is 0 Å². The molecule has 0 saturated carbocycles. The summed E-state index contributed by atoms with van der Waals surface area (Å²) in [7, 11) is 0. The summed E-state index contributed by atoms with van der Waals surface area (Å²) < 4.78 is 14.9. The summed E-state index contributed by atoms with van der Waals surface area (Å²) in [5.41, 5.74) is 0.606. The zero-order valence-electron chi connectivity index (χ0n) is 18.4. The van der Waals surface area contributed by atoms with Gasteiger partial charge in [0.2, 0.25) is 5.91 Å². The SMILES string of the molecule is Cc1ccn(CCC(=O)N2CCC(C3(C)NC(=O)N(Cc4ccc(F)cc4)C3=O)CC2)n1. The van der Waals surface area contributed by atoms with E-state index < -0.39 is 11.6 Å². The molecule has 0 aliphatic carbocycles. The predicted molar refractivity (Wildman–Crippen MR) is 115 cm³/mol. The molecule has 4 rings (SSSR count). The third kappa shape index (κ3) is 4.37. The van der Waals surface area contributed by atoms with Crippen LogP contribution in [-0.4, -0.2) is 56.1 Å². The molecule has 2 aliphatic rings. The Hall–Kier alpha value is -3.23. The van der Waals surface area contributed by atoms with E-state index in [0.717, 1.165) is 5.69 Å². The molecular weight excluding hydrogens is 413 g/mol. The third-order valence-corrected chi connectivity index (χ3v) is 6.55. The van der Waals surface area contributed by atoms with Crippen LogP contribution < -0.4 is 5.32 Å². The molecule has 0 bridgehead atoms. The summed E-state index contributed by atoms with van der Waals surface area (Å²) in [6, 6.07) is 7.24. The Morgan fingerprint density at radius 2 is 1.88 bits per heavy atom. The van der Waals surface area contributed by atoms with Crippen LogP contribution in [-0.2, 0) is 22.7 Å². The monoisotopic (exact) mass is 441 g/mol. The molecule has 4 amide bonds. The van der Waals surface area contributed by atoms with Crippen molar-refractivity contribution < 1.29 is 18.8 Å². The summed E-state index contributed by atoms with van der Waals surface area (Å²) in [6.07, 6.45) is 3.52. The molecule has 0 spiro atoms. The summed E-state index contributed by atoms with van der Waals surface area (Å²) in [5, 5.41) is 7.18. The number of carbonyl (C=O) groups is 3. The molecule has 2 aliphatic heterocycles. The van der Waals surface area contributed by atoms with Gasteiger partial charge >= 0.3 is 6.03 Å². The van der Waals surface area contributed by atoms with Gasteiger partial charge in [-0.25, -0.2) is 9.18 Å². The van der Waals surface area contributed by atoms with Crippen molar-refractivity contribution in [3.05, 3.63) is 53.6 Å². The second-order valence-corrected chi connectivity index (χ2v) is 8.78. The second-order valence-electron chi connectivity index (χ2n) is 8.78. The lowest BCUT2D eigenvalue weighted by atomic mass is 9.79. The lowest BCUT2D eigenvalue weighted by Crippen LogP contribution is -2.54. The molecule has 1 aromatic carbocycles. The van der Waals surface area contributed by atoms with Crippen molar-refractivity contribution in [2.45, 2.75) is 51.7 Å². The van der Waals surface area contributed by atoms with Crippen LogP contribution in [0, 0.1) is 18.7 Å². The lowest BCUT2D eigenvalue weighted by Gasteiger charge is -2.39. The predicted octanol–water partition coefficient (Wildman–Crippen LogP) is 2.47. The topological polar surface area (TPSA) is 87.5 Å². The van der Waals surface area contributed by atoms with Crippen LogP contribution in [0.5, 0.6) is 0 Å². The Balaban J connectivity index is 1.33. The molecule has 1 aromatic heterocycles. The maximum Gasteiger partial charge on any atom is 0.325 e. The van der Waals surface area contributed by atoms with Gasteiger partial charge in [0.1, 0.15) is 11.4 Å². The highest BCUT2D eigenvalue weighted by molar-refractivity contribution is 6.07. The van der Waals surface area contributed by atoms with E-state index >= 15 is 0 Å². The number of piperidine rings is 1. The maximum absolute atomic E-state index is 13.2. The number of carbonyl (C=O) groups excluding carboxylic acids is 3. The van der Waals surface area contributed by atoms with Gasteiger partial charge in [0.15, 0.2) is 0 Å². The molecule has 2 saturated heterocycles. The average molecular weight is 442 g/mol. The number of aryl methyl sites for hydroxylation is 2. The van der Waals surface area contributed by atoms with Crippen LogP contribution in [0.3, 0.4) is 0 Å². The fourth-order valence-corrected chi connectivity index (χ4v) is 4.57. The number of urea groups is 1. The van der Waals surface area contributed by atoms with E-state index in [2.05, 4.69) is 10.4 Å². The minimum atomic E-state index is -1.00. The van der Waals surface area contributed by atoms with Crippen molar-refractivity contribution in [2.24, 2.45) is 5.92 Å². The molecule has 1 atom stereocenters. The van der Waals surface area contributed by atoms with Gasteiger partial charge in [-0.1, -0.05) is 12.1 Å². The molecule has 8 nitrogen and oxygen atoms in total. The van der Waals surface area contributed by atoms with E-state index in [4.69, 9.17) is 0 Å². The van der Waals surface area contributed by atoms with E-state index in [1.807, 2.05) is 24.1 Å². The Morgan fingerprint density at radius 3 is 2.50 bits per heavy atom. The number of benzene rings is 1. The number of nitrogens with zero attached hydrogens (tertiary/aromatic N) is 4. The molecule has 2 fully saturated rings. The zero-order valence-corrected chi connectivity index (χ0v) is 18.4. The van der Waals surface area contributed by atoms with Crippen LogP contribution in [0.4, 0.5) is 9.18 Å². The third-order valence-electron chi connectivity index (χ3n) is 6.55. The zero-order chi connectivity index (χ0) is 22.9. The first kappa shape index (κ1) is 22.0. The van der Waals surface area contributed by atoms with Gasteiger partial charge in [-0.05, 0) is 56.4 Å². The van der Waals surface area contributed by atoms with Gasteiger partial charge < -0.3 is 10.2 Å². The number of nitrogens with one attached hydrogen (secondary N) is 1. The molecule has 1 N–H and O–H groups in total. The number of likely N-dealkylation sites (tertiary alicyclic amines) is 1. The van der Waals surface area contributed by atoms with Crippen molar-refractivity contribution in [3.8, 4) is 0 Å². The van der Waals surface area contributed by atoms with Gasteiger partial charge in [-0.3, -0.25) is 19.2 Å². The quantitative estimate of drug-likeness (QED) is 0.698. The second kappa shape index (κ2) is 8.72. The average Bonchev–Trinajstić information content (AvgIpc) is 3.30. The first-order chi connectivity index (χ1) is 15.3. The Morgan fingerprint density at radius 1 is 1.19 bits per heavy atom. The highest BCUT2D eigenvalue weighted by Crippen LogP contribution is 2.34. The van der Waals surface area contributed by atoms with Crippen LogP contribution in [0.15, 0.2) is 36.5 Å². The van der Waals surface area contributed by atoms with Crippen LogP contribution in [0.1, 0.15) is 37.4 Å². The Kier molecular flexibility index (Phi) is 5.99. The first-order valence-corrected chi connectivity index (χ1v) is 10.9. The summed E-state index contributed by atoms with van der Waals surface area (Å²) in [4.78, 5) is 41.3. The van der Waals surface area contributed by atoms with Gasteiger partial charge in [0.25, 0.3) is 5.91 Å². The van der Waals surface area contributed by atoms with Crippen molar-refractivity contribution in [2.75, 3.05) is 13.1 Å². The number of halogens is 1.